The van der Waals surface area contributed by atoms with Gasteiger partial charge in [-0.3, -0.25) is 9.69 Å². The number of benzene rings is 2. The molecular formula is C22H26N8O2. The smallest absolute Gasteiger partial charge is 0.328 e. The van der Waals surface area contributed by atoms with Gasteiger partial charge in [-0.2, -0.15) is 4.98 Å². The Hall–Kier alpha value is -4.21. The summed E-state index contributed by atoms with van der Waals surface area (Å²) in [6, 6.07) is 12.2. The van der Waals surface area contributed by atoms with E-state index in [-0.39, 0.29) is 11.9 Å². The predicted octanol–water partition coefficient (Wildman–Crippen LogP) is 3.21. The Morgan fingerprint density at radius 2 is 1.75 bits per heavy atom. The van der Waals surface area contributed by atoms with E-state index in [0.29, 0.717) is 22.9 Å². The van der Waals surface area contributed by atoms with Crippen LogP contribution >= 0.6 is 0 Å². The van der Waals surface area contributed by atoms with Crippen LogP contribution in [-0.4, -0.2) is 55.1 Å². The average Bonchev–Trinajstić information content (AvgIpc) is 2.80. The maximum absolute atomic E-state index is 12.8. The lowest BCUT2D eigenvalue weighted by Gasteiger charge is -2.18. The van der Waals surface area contributed by atoms with Crippen molar-refractivity contribution in [2.75, 3.05) is 53.9 Å². The molecule has 10 nitrogen and oxygen atoms in total. The fourth-order valence-electron chi connectivity index (χ4n) is 2.82. The minimum atomic E-state index is -0.447. The summed E-state index contributed by atoms with van der Waals surface area (Å²) in [6.07, 6.45) is 1.32. The molecule has 0 saturated heterocycles. The van der Waals surface area contributed by atoms with Gasteiger partial charge >= 0.3 is 6.03 Å². The number of rotatable bonds is 6. The lowest BCUT2D eigenvalue weighted by atomic mass is 10.1. The quantitative estimate of drug-likeness (QED) is 0.546. The largest absolute Gasteiger partial charge is 0.378 e. The third kappa shape index (κ3) is 5.28. The molecule has 10 heteroatoms. The summed E-state index contributed by atoms with van der Waals surface area (Å²) in [5.41, 5.74) is 3.40. The molecule has 3 amide bonds. The molecule has 3 rings (SSSR count). The van der Waals surface area contributed by atoms with Gasteiger partial charge in [-0.15, -0.1) is 0 Å². The highest BCUT2D eigenvalue weighted by atomic mass is 16.2. The highest BCUT2D eigenvalue weighted by Crippen LogP contribution is 2.21. The van der Waals surface area contributed by atoms with E-state index in [1.807, 2.05) is 50.2 Å². The Morgan fingerprint density at radius 1 is 0.969 bits per heavy atom. The van der Waals surface area contributed by atoms with E-state index in [2.05, 4.69) is 30.9 Å². The maximum atomic E-state index is 12.8. The van der Waals surface area contributed by atoms with Gasteiger partial charge in [-0.25, -0.2) is 14.8 Å². The van der Waals surface area contributed by atoms with Crippen molar-refractivity contribution in [2.45, 2.75) is 6.92 Å². The number of hydrogen-bond donors (Lipinski definition) is 3. The number of urea groups is 1. The standard InChI is InChI=1S/C22H26N8O2/c1-14-9-10-15(19(31)26-16-7-6-8-17(12-16)29(3)4)11-18(14)27-22(32)30(5)21-25-13-24-20(23-2)28-21/h6-13H,1-5H3,(H,26,31)(H,27,32)(H,23,24,25,28). The summed E-state index contributed by atoms with van der Waals surface area (Å²) >= 11 is 0. The van der Waals surface area contributed by atoms with Gasteiger partial charge in [0.2, 0.25) is 11.9 Å². The maximum Gasteiger partial charge on any atom is 0.328 e. The van der Waals surface area contributed by atoms with Crippen molar-refractivity contribution < 1.29 is 9.59 Å². The van der Waals surface area contributed by atoms with E-state index in [4.69, 9.17) is 0 Å². The van der Waals surface area contributed by atoms with Gasteiger partial charge in [0, 0.05) is 50.8 Å². The van der Waals surface area contributed by atoms with Crippen LogP contribution in [0.15, 0.2) is 48.8 Å². The van der Waals surface area contributed by atoms with Crippen molar-refractivity contribution in [3.05, 3.63) is 59.9 Å². The van der Waals surface area contributed by atoms with Crippen LogP contribution in [0.5, 0.6) is 0 Å². The summed E-state index contributed by atoms with van der Waals surface area (Å²) in [5.74, 6) is 0.262. The second-order valence-corrected chi connectivity index (χ2v) is 7.28. The molecule has 0 radical (unpaired) electrons. The van der Waals surface area contributed by atoms with Crippen LogP contribution in [0.1, 0.15) is 15.9 Å². The molecule has 0 spiro atoms. The van der Waals surface area contributed by atoms with Crippen LogP contribution in [0.4, 0.5) is 33.8 Å². The van der Waals surface area contributed by atoms with Gasteiger partial charge in [0.1, 0.15) is 6.33 Å². The average molecular weight is 435 g/mol. The van der Waals surface area contributed by atoms with E-state index in [0.717, 1.165) is 11.3 Å². The first-order valence-corrected chi connectivity index (χ1v) is 9.89. The van der Waals surface area contributed by atoms with Crippen LogP contribution in [0.3, 0.4) is 0 Å². The lowest BCUT2D eigenvalue weighted by Crippen LogP contribution is -2.33. The van der Waals surface area contributed by atoms with Crippen LogP contribution in [-0.2, 0) is 0 Å². The summed E-state index contributed by atoms with van der Waals surface area (Å²) < 4.78 is 0. The van der Waals surface area contributed by atoms with E-state index < -0.39 is 6.03 Å². The SMILES string of the molecule is CNc1ncnc(N(C)C(=O)Nc2cc(C(=O)Nc3cccc(N(C)C)c3)ccc2C)n1. The van der Waals surface area contributed by atoms with Gasteiger partial charge in [0.15, 0.2) is 0 Å². The number of aryl methyl sites for hydroxylation is 1. The molecule has 0 atom stereocenters. The lowest BCUT2D eigenvalue weighted by molar-refractivity contribution is 0.102. The van der Waals surface area contributed by atoms with E-state index in [1.54, 1.807) is 32.3 Å². The molecule has 1 heterocycles. The van der Waals surface area contributed by atoms with E-state index >= 15 is 0 Å². The van der Waals surface area contributed by atoms with Crippen molar-refractivity contribution in [2.24, 2.45) is 0 Å². The van der Waals surface area contributed by atoms with Crippen LogP contribution in [0.25, 0.3) is 0 Å². The minimum Gasteiger partial charge on any atom is -0.378 e. The molecule has 0 fully saturated rings. The Bertz CT molecular complexity index is 1130. The van der Waals surface area contributed by atoms with Crippen LogP contribution in [0, 0.1) is 6.92 Å². The molecule has 0 aliphatic heterocycles. The number of nitrogens with zero attached hydrogens (tertiary/aromatic N) is 5. The topological polar surface area (TPSA) is 115 Å². The van der Waals surface area contributed by atoms with Crippen molar-refractivity contribution in [3.63, 3.8) is 0 Å². The number of amides is 3. The number of carbonyl (C=O) groups excluding carboxylic acids is 2. The number of nitrogens with one attached hydrogen (secondary N) is 3. The Balaban J connectivity index is 1.75. The third-order valence-electron chi connectivity index (χ3n) is 4.75. The molecule has 0 saturated carbocycles. The minimum absolute atomic E-state index is 0.189. The Morgan fingerprint density at radius 3 is 2.47 bits per heavy atom. The first-order chi connectivity index (χ1) is 15.3. The van der Waals surface area contributed by atoms with E-state index in [9.17, 15) is 9.59 Å². The second kappa shape index (κ2) is 9.73. The summed E-state index contributed by atoms with van der Waals surface area (Å²) in [7, 11) is 7.09. The highest BCUT2D eigenvalue weighted by molar-refractivity contribution is 6.06. The molecule has 0 bridgehead atoms. The first-order valence-electron chi connectivity index (χ1n) is 9.89. The van der Waals surface area contributed by atoms with E-state index in [1.165, 1.54) is 11.2 Å². The molecule has 0 aliphatic rings. The van der Waals surface area contributed by atoms with Crippen molar-refractivity contribution >= 4 is 40.9 Å². The fraction of sp³-hybridized carbons (Fsp3) is 0.227. The summed E-state index contributed by atoms with van der Waals surface area (Å²) in [5, 5.41) is 8.50. The number of hydrogen-bond acceptors (Lipinski definition) is 7. The zero-order chi connectivity index (χ0) is 23.3. The summed E-state index contributed by atoms with van der Waals surface area (Å²) in [4.78, 5) is 40.8. The normalized spacial score (nSPS) is 10.3. The molecule has 3 aromatic rings. The number of aromatic nitrogens is 3. The van der Waals surface area contributed by atoms with Crippen LogP contribution in [0.2, 0.25) is 0 Å². The first kappa shape index (κ1) is 22.5. The van der Waals surface area contributed by atoms with Crippen molar-refractivity contribution in [1.29, 1.82) is 0 Å². The van der Waals surface area contributed by atoms with Gasteiger partial charge in [0.05, 0.1) is 0 Å². The third-order valence-corrected chi connectivity index (χ3v) is 4.75. The molecule has 1 aromatic heterocycles. The highest BCUT2D eigenvalue weighted by Gasteiger charge is 2.17. The van der Waals surface area contributed by atoms with Gasteiger partial charge < -0.3 is 20.9 Å². The molecule has 166 valence electrons. The number of carbonyl (C=O) groups is 2. The predicted molar refractivity (Wildman–Crippen MR) is 127 cm³/mol. The Labute approximate surface area is 186 Å². The molecular weight excluding hydrogens is 408 g/mol. The molecule has 0 unspecified atom stereocenters. The number of anilines is 5. The Kier molecular flexibility index (Phi) is 6.83. The van der Waals surface area contributed by atoms with Crippen molar-refractivity contribution in [3.8, 4) is 0 Å². The van der Waals surface area contributed by atoms with Gasteiger partial charge in [-0.1, -0.05) is 12.1 Å². The molecule has 32 heavy (non-hydrogen) atoms. The molecule has 3 N–H and O–H groups in total. The summed E-state index contributed by atoms with van der Waals surface area (Å²) in [6.45, 7) is 1.85. The molecule has 0 aliphatic carbocycles. The fourth-order valence-corrected chi connectivity index (χ4v) is 2.82. The zero-order valence-electron chi connectivity index (χ0n) is 18.7. The second-order valence-electron chi connectivity index (χ2n) is 7.28. The van der Waals surface area contributed by atoms with Crippen LogP contribution < -0.4 is 25.8 Å². The van der Waals surface area contributed by atoms with Gasteiger partial charge in [0.25, 0.3) is 5.91 Å². The monoisotopic (exact) mass is 434 g/mol. The van der Waals surface area contributed by atoms with Gasteiger partial charge in [-0.05, 0) is 42.8 Å². The van der Waals surface area contributed by atoms with Crippen molar-refractivity contribution in [1.82, 2.24) is 15.0 Å². The zero-order valence-corrected chi connectivity index (χ0v) is 18.7. The molecule has 2 aromatic carbocycles.